The number of nitrogens with one attached hydrogen (secondary N) is 1. The molecule has 3 aromatic rings. The minimum Gasteiger partial charge on any atom is -0.360 e. The molecule has 1 N–H and O–H groups in total. The zero-order valence-electron chi connectivity index (χ0n) is 13.9. The van der Waals surface area contributed by atoms with Crippen LogP contribution in [0.25, 0.3) is 11.3 Å². The Kier molecular flexibility index (Phi) is 6.01. The molecule has 1 aromatic heterocycles. The normalized spacial score (nSPS) is 11.0. The van der Waals surface area contributed by atoms with Crippen molar-refractivity contribution in [2.75, 3.05) is 5.32 Å². The molecule has 2 aromatic carbocycles. The summed E-state index contributed by atoms with van der Waals surface area (Å²) in [5, 5.41) is 11.5. The van der Waals surface area contributed by atoms with Gasteiger partial charge in [-0.3, -0.25) is 10.2 Å². The van der Waals surface area contributed by atoms with E-state index in [2.05, 4.69) is 15.6 Å². The fourth-order valence-corrected chi connectivity index (χ4v) is 3.04. The van der Waals surface area contributed by atoms with Crippen molar-refractivity contribution in [3.05, 3.63) is 68.9 Å². The van der Waals surface area contributed by atoms with Gasteiger partial charge in [-0.25, -0.2) is 4.79 Å². The SMILES string of the molecule is Cc1onc(-c2c(Cl)cccc2Cl)c1C=NOC(=O)Nc1cccc(Cl)c1. The van der Waals surface area contributed by atoms with E-state index in [1.54, 1.807) is 49.4 Å². The van der Waals surface area contributed by atoms with E-state index in [0.717, 1.165) is 0 Å². The van der Waals surface area contributed by atoms with Crippen LogP contribution in [0.2, 0.25) is 15.1 Å². The van der Waals surface area contributed by atoms with Crippen LogP contribution in [0.3, 0.4) is 0 Å². The van der Waals surface area contributed by atoms with Crippen molar-refractivity contribution in [1.29, 1.82) is 0 Å². The number of aryl methyl sites for hydroxylation is 1. The second kappa shape index (κ2) is 8.43. The van der Waals surface area contributed by atoms with Gasteiger partial charge in [0.1, 0.15) is 11.5 Å². The molecule has 0 spiro atoms. The molecule has 0 radical (unpaired) electrons. The summed E-state index contributed by atoms with van der Waals surface area (Å²) in [6.07, 6.45) is 0.526. The molecule has 0 aliphatic heterocycles. The topological polar surface area (TPSA) is 76.7 Å². The standard InChI is InChI=1S/C18H12Cl3N3O3/c1-10-13(17(24-26-10)16-14(20)6-3-7-15(16)21)9-22-27-18(25)23-12-5-2-4-11(19)8-12/h2-9H,1H3,(H,23,25). The molecular formula is C18H12Cl3N3O3. The summed E-state index contributed by atoms with van der Waals surface area (Å²) >= 11 is 18.3. The third-order valence-corrected chi connectivity index (χ3v) is 4.36. The Morgan fingerprint density at radius 2 is 1.89 bits per heavy atom. The highest BCUT2D eigenvalue weighted by atomic mass is 35.5. The summed E-state index contributed by atoms with van der Waals surface area (Å²) < 4.78 is 5.20. The van der Waals surface area contributed by atoms with Crippen molar-refractivity contribution in [3.63, 3.8) is 0 Å². The van der Waals surface area contributed by atoms with Gasteiger partial charge >= 0.3 is 6.09 Å². The largest absolute Gasteiger partial charge is 0.437 e. The van der Waals surface area contributed by atoms with E-state index >= 15 is 0 Å². The number of carbonyl (C=O) groups excluding carboxylic acids is 1. The molecule has 0 bridgehead atoms. The zero-order valence-corrected chi connectivity index (χ0v) is 16.1. The number of nitrogens with zero attached hydrogens (tertiary/aromatic N) is 2. The average molecular weight is 425 g/mol. The lowest BCUT2D eigenvalue weighted by atomic mass is 10.1. The van der Waals surface area contributed by atoms with Crippen molar-refractivity contribution in [2.45, 2.75) is 6.92 Å². The summed E-state index contributed by atoms with van der Waals surface area (Å²) in [6.45, 7) is 1.69. The number of halogens is 3. The van der Waals surface area contributed by atoms with Gasteiger partial charge in [-0.1, -0.05) is 57.2 Å². The third kappa shape index (κ3) is 4.60. The fraction of sp³-hybridized carbons (Fsp3) is 0.0556. The van der Waals surface area contributed by atoms with Gasteiger partial charge < -0.3 is 4.52 Å². The van der Waals surface area contributed by atoms with Gasteiger partial charge in [0.15, 0.2) is 0 Å². The Morgan fingerprint density at radius 3 is 2.59 bits per heavy atom. The molecule has 0 saturated heterocycles. The highest BCUT2D eigenvalue weighted by Gasteiger charge is 2.18. The summed E-state index contributed by atoms with van der Waals surface area (Å²) in [5.41, 5.74) is 1.86. The molecule has 0 fully saturated rings. The lowest BCUT2D eigenvalue weighted by Crippen LogP contribution is -2.10. The van der Waals surface area contributed by atoms with E-state index in [1.165, 1.54) is 6.21 Å². The molecule has 138 valence electrons. The first-order valence-electron chi connectivity index (χ1n) is 7.63. The minimum atomic E-state index is -0.778. The fourth-order valence-electron chi connectivity index (χ4n) is 2.27. The van der Waals surface area contributed by atoms with Crippen LogP contribution in [0.4, 0.5) is 10.5 Å². The molecule has 0 aliphatic rings. The maximum absolute atomic E-state index is 11.8. The van der Waals surface area contributed by atoms with Crippen LogP contribution in [0.1, 0.15) is 11.3 Å². The number of anilines is 1. The molecule has 0 aliphatic carbocycles. The second-order valence-corrected chi connectivity index (χ2v) is 6.60. The van der Waals surface area contributed by atoms with Gasteiger partial charge in [0.05, 0.1) is 21.8 Å². The summed E-state index contributed by atoms with van der Waals surface area (Å²) in [6, 6.07) is 11.7. The quantitative estimate of drug-likeness (QED) is 0.307. The number of benzene rings is 2. The maximum Gasteiger partial charge on any atom is 0.437 e. The van der Waals surface area contributed by atoms with Crippen LogP contribution in [0.15, 0.2) is 52.1 Å². The van der Waals surface area contributed by atoms with E-state index in [0.29, 0.717) is 43.3 Å². The Hall–Kier alpha value is -2.54. The van der Waals surface area contributed by atoms with Crippen LogP contribution in [-0.4, -0.2) is 17.5 Å². The van der Waals surface area contributed by atoms with Crippen molar-refractivity contribution in [2.24, 2.45) is 5.16 Å². The van der Waals surface area contributed by atoms with Gasteiger partial charge in [-0.05, 0) is 37.3 Å². The van der Waals surface area contributed by atoms with Gasteiger partial charge in [0, 0.05) is 16.3 Å². The minimum absolute atomic E-state index is 0.394. The number of aromatic nitrogens is 1. The average Bonchev–Trinajstić information content (AvgIpc) is 2.96. The zero-order chi connectivity index (χ0) is 19.4. The molecule has 1 heterocycles. The number of hydrogen-bond acceptors (Lipinski definition) is 5. The summed E-state index contributed by atoms with van der Waals surface area (Å²) in [7, 11) is 0. The number of oxime groups is 1. The van der Waals surface area contributed by atoms with Gasteiger partial charge in [0.25, 0.3) is 0 Å². The highest BCUT2D eigenvalue weighted by molar-refractivity contribution is 6.39. The van der Waals surface area contributed by atoms with Crippen molar-refractivity contribution in [3.8, 4) is 11.3 Å². The predicted molar refractivity (Wildman–Crippen MR) is 106 cm³/mol. The van der Waals surface area contributed by atoms with Gasteiger partial charge in [-0.2, -0.15) is 0 Å². The molecule has 6 nitrogen and oxygen atoms in total. The van der Waals surface area contributed by atoms with Crippen LogP contribution < -0.4 is 5.32 Å². The Balaban J connectivity index is 1.76. The molecule has 0 saturated carbocycles. The lowest BCUT2D eigenvalue weighted by Gasteiger charge is -2.04. The molecule has 1 amide bonds. The first kappa shape index (κ1) is 19.2. The Bertz CT molecular complexity index is 998. The van der Waals surface area contributed by atoms with Crippen molar-refractivity contribution < 1.29 is 14.2 Å². The van der Waals surface area contributed by atoms with Crippen LogP contribution >= 0.6 is 34.8 Å². The second-order valence-electron chi connectivity index (χ2n) is 5.35. The molecule has 3 rings (SSSR count). The van der Waals surface area contributed by atoms with E-state index < -0.39 is 6.09 Å². The maximum atomic E-state index is 11.8. The van der Waals surface area contributed by atoms with E-state index in [1.807, 2.05) is 0 Å². The Morgan fingerprint density at radius 1 is 1.19 bits per heavy atom. The number of rotatable bonds is 4. The third-order valence-electron chi connectivity index (χ3n) is 3.50. The van der Waals surface area contributed by atoms with Crippen LogP contribution in [0.5, 0.6) is 0 Å². The van der Waals surface area contributed by atoms with Crippen molar-refractivity contribution in [1.82, 2.24) is 5.16 Å². The number of amides is 1. The number of hydrogen-bond donors (Lipinski definition) is 1. The first-order chi connectivity index (χ1) is 13.0. The van der Waals surface area contributed by atoms with Gasteiger partial charge in [0.2, 0.25) is 0 Å². The number of carbonyl (C=O) groups is 1. The molecule has 0 atom stereocenters. The highest BCUT2D eigenvalue weighted by Crippen LogP contribution is 2.36. The van der Waals surface area contributed by atoms with E-state index in [-0.39, 0.29) is 0 Å². The Labute approximate surface area is 169 Å². The van der Waals surface area contributed by atoms with Crippen LogP contribution in [0, 0.1) is 6.92 Å². The van der Waals surface area contributed by atoms with E-state index in [9.17, 15) is 4.79 Å². The smallest absolute Gasteiger partial charge is 0.360 e. The van der Waals surface area contributed by atoms with Crippen LogP contribution in [-0.2, 0) is 4.84 Å². The first-order valence-corrected chi connectivity index (χ1v) is 8.76. The lowest BCUT2D eigenvalue weighted by molar-refractivity contribution is 0.167. The van der Waals surface area contributed by atoms with Crippen molar-refractivity contribution >= 4 is 52.8 Å². The molecule has 0 unspecified atom stereocenters. The van der Waals surface area contributed by atoms with E-state index in [4.69, 9.17) is 44.2 Å². The molecule has 9 heteroatoms. The molecular weight excluding hydrogens is 413 g/mol. The monoisotopic (exact) mass is 423 g/mol. The predicted octanol–water partition coefficient (Wildman–Crippen LogP) is 6.19. The molecule has 27 heavy (non-hydrogen) atoms. The van der Waals surface area contributed by atoms with Gasteiger partial charge in [-0.15, -0.1) is 0 Å². The summed E-state index contributed by atoms with van der Waals surface area (Å²) in [4.78, 5) is 16.6. The summed E-state index contributed by atoms with van der Waals surface area (Å²) in [5.74, 6) is 0.462.